The van der Waals surface area contributed by atoms with E-state index >= 15 is 0 Å². The topological polar surface area (TPSA) is 46.8 Å². The van der Waals surface area contributed by atoms with E-state index in [1.54, 1.807) is 0 Å². The summed E-state index contributed by atoms with van der Waals surface area (Å²) in [7, 11) is 0. The molecule has 0 saturated carbocycles. The zero-order valence-corrected chi connectivity index (χ0v) is 12.5. The molecular formula is C18H18N2O2. The third-order valence-electron chi connectivity index (χ3n) is 4.39. The van der Waals surface area contributed by atoms with E-state index in [0.29, 0.717) is 0 Å². The number of nitrogens with zero attached hydrogens (tertiary/aromatic N) is 2. The number of aryl methyl sites for hydroxylation is 2. The van der Waals surface area contributed by atoms with Gasteiger partial charge in [-0.25, -0.2) is 4.98 Å². The summed E-state index contributed by atoms with van der Waals surface area (Å²) in [5.41, 5.74) is 4.86. The summed E-state index contributed by atoms with van der Waals surface area (Å²) in [5.74, 6) is 0.852. The molecule has 3 aromatic rings. The van der Waals surface area contributed by atoms with Crippen molar-refractivity contribution < 1.29 is 9.84 Å². The minimum atomic E-state index is -0.0199. The van der Waals surface area contributed by atoms with Gasteiger partial charge in [-0.15, -0.1) is 0 Å². The minimum absolute atomic E-state index is 0.0199. The number of fused-ring (bicyclic) bond motifs is 3. The fourth-order valence-corrected chi connectivity index (χ4v) is 3.19. The van der Waals surface area contributed by atoms with E-state index in [9.17, 15) is 5.11 Å². The zero-order valence-electron chi connectivity index (χ0n) is 12.5. The van der Waals surface area contributed by atoms with Crippen molar-refractivity contribution in [2.45, 2.75) is 32.5 Å². The number of aliphatic hydroxyl groups is 1. The molecule has 0 radical (unpaired) electrons. The Morgan fingerprint density at radius 1 is 1.27 bits per heavy atom. The van der Waals surface area contributed by atoms with Gasteiger partial charge in [0.15, 0.2) is 11.4 Å². The Morgan fingerprint density at radius 3 is 2.86 bits per heavy atom. The van der Waals surface area contributed by atoms with Gasteiger partial charge in [-0.1, -0.05) is 30.3 Å². The first-order valence-electron chi connectivity index (χ1n) is 7.60. The Bertz CT molecular complexity index is 824. The van der Waals surface area contributed by atoms with E-state index < -0.39 is 0 Å². The predicted molar refractivity (Wildman–Crippen MR) is 84.0 cm³/mol. The molecule has 0 bridgehead atoms. The monoisotopic (exact) mass is 294 g/mol. The molecule has 2 aromatic heterocycles. The molecule has 1 N–H and O–H groups in total. The second kappa shape index (κ2) is 5.14. The van der Waals surface area contributed by atoms with Crippen molar-refractivity contribution in [2.75, 3.05) is 0 Å². The van der Waals surface area contributed by atoms with Crippen LogP contribution in [0.25, 0.3) is 5.65 Å². The van der Waals surface area contributed by atoms with Crippen molar-refractivity contribution in [1.29, 1.82) is 0 Å². The van der Waals surface area contributed by atoms with E-state index in [1.807, 2.05) is 35.7 Å². The first kappa shape index (κ1) is 13.3. The van der Waals surface area contributed by atoms with E-state index in [1.165, 1.54) is 11.1 Å². The highest BCUT2D eigenvalue weighted by Crippen LogP contribution is 2.37. The Hall–Kier alpha value is -2.33. The number of ether oxygens (including phenoxy) is 1. The standard InChI is InChI=1S/C18H18N2O2/c1-12-15(11-21)20-10-9-14-7-8-16(13-5-3-2-4-6-13)22-17(14)18(20)19-12/h2-6,9-10,16,21H,7-8,11H2,1H3. The molecule has 0 spiro atoms. The van der Waals surface area contributed by atoms with Gasteiger partial charge in [0.25, 0.3) is 0 Å². The Morgan fingerprint density at radius 2 is 2.09 bits per heavy atom. The fourth-order valence-electron chi connectivity index (χ4n) is 3.19. The van der Waals surface area contributed by atoms with E-state index in [-0.39, 0.29) is 12.7 Å². The molecule has 1 aromatic carbocycles. The molecule has 0 amide bonds. The van der Waals surface area contributed by atoms with Gasteiger partial charge in [-0.05, 0) is 37.0 Å². The number of imidazole rings is 1. The number of aliphatic hydroxyl groups excluding tert-OH is 1. The number of rotatable bonds is 2. The summed E-state index contributed by atoms with van der Waals surface area (Å²) < 4.78 is 8.21. The smallest absolute Gasteiger partial charge is 0.180 e. The lowest BCUT2D eigenvalue weighted by Gasteiger charge is -2.26. The molecule has 3 heterocycles. The van der Waals surface area contributed by atoms with Crippen molar-refractivity contribution in [2.24, 2.45) is 0 Å². The van der Waals surface area contributed by atoms with Gasteiger partial charge in [0, 0.05) is 6.20 Å². The minimum Gasteiger partial charge on any atom is -0.482 e. The van der Waals surface area contributed by atoms with Gasteiger partial charge in [0.05, 0.1) is 18.0 Å². The van der Waals surface area contributed by atoms with Crippen LogP contribution in [0.5, 0.6) is 5.75 Å². The molecule has 1 aliphatic rings. The maximum absolute atomic E-state index is 9.54. The summed E-state index contributed by atoms with van der Waals surface area (Å²) in [6.45, 7) is 1.90. The van der Waals surface area contributed by atoms with Gasteiger partial charge < -0.3 is 9.84 Å². The van der Waals surface area contributed by atoms with Gasteiger partial charge in [-0.2, -0.15) is 0 Å². The molecule has 112 valence electrons. The van der Waals surface area contributed by atoms with Gasteiger partial charge >= 0.3 is 0 Å². The molecule has 1 aliphatic heterocycles. The lowest BCUT2D eigenvalue weighted by Crippen LogP contribution is -2.16. The first-order chi connectivity index (χ1) is 10.8. The SMILES string of the molecule is Cc1nc2c3c(ccn2c1CO)CCC(c1ccccc1)O3. The van der Waals surface area contributed by atoms with Gasteiger partial charge in [-0.3, -0.25) is 4.40 Å². The van der Waals surface area contributed by atoms with Crippen LogP contribution in [0.1, 0.15) is 35.0 Å². The van der Waals surface area contributed by atoms with Crippen molar-refractivity contribution >= 4 is 5.65 Å². The fraction of sp³-hybridized carbons (Fsp3) is 0.278. The van der Waals surface area contributed by atoms with Crippen LogP contribution < -0.4 is 4.74 Å². The van der Waals surface area contributed by atoms with Crippen LogP contribution in [0.4, 0.5) is 0 Å². The van der Waals surface area contributed by atoms with Gasteiger partial charge in [0.1, 0.15) is 6.10 Å². The molecule has 22 heavy (non-hydrogen) atoms. The Balaban J connectivity index is 1.81. The van der Waals surface area contributed by atoms with Crippen molar-refractivity contribution in [3.05, 3.63) is 65.1 Å². The second-order valence-electron chi connectivity index (χ2n) is 5.72. The molecule has 1 unspecified atom stereocenters. The van der Waals surface area contributed by atoms with Crippen molar-refractivity contribution in [1.82, 2.24) is 9.38 Å². The summed E-state index contributed by atoms with van der Waals surface area (Å²) in [6.07, 6.45) is 3.99. The highest BCUT2D eigenvalue weighted by atomic mass is 16.5. The predicted octanol–water partition coefficient (Wildman–Crippen LogP) is 3.20. The highest BCUT2D eigenvalue weighted by Gasteiger charge is 2.25. The third-order valence-corrected chi connectivity index (χ3v) is 4.39. The number of hydrogen-bond acceptors (Lipinski definition) is 3. The molecular weight excluding hydrogens is 276 g/mol. The zero-order chi connectivity index (χ0) is 15.1. The summed E-state index contributed by atoms with van der Waals surface area (Å²) in [5, 5.41) is 9.54. The van der Waals surface area contributed by atoms with E-state index in [2.05, 4.69) is 23.2 Å². The average Bonchev–Trinajstić information content (AvgIpc) is 2.90. The molecule has 0 aliphatic carbocycles. The van der Waals surface area contributed by atoms with E-state index in [0.717, 1.165) is 35.6 Å². The van der Waals surface area contributed by atoms with E-state index in [4.69, 9.17) is 4.74 Å². The summed E-state index contributed by atoms with van der Waals surface area (Å²) in [6, 6.07) is 12.4. The quantitative estimate of drug-likeness (QED) is 0.789. The van der Waals surface area contributed by atoms with Crippen LogP contribution in [0.2, 0.25) is 0 Å². The van der Waals surface area contributed by atoms with Crippen LogP contribution in [0, 0.1) is 6.92 Å². The van der Waals surface area contributed by atoms with Crippen molar-refractivity contribution in [3.8, 4) is 5.75 Å². The number of hydrogen-bond donors (Lipinski definition) is 1. The Labute approximate surface area is 129 Å². The lowest BCUT2D eigenvalue weighted by molar-refractivity contribution is 0.178. The molecule has 0 fully saturated rings. The first-order valence-corrected chi connectivity index (χ1v) is 7.60. The normalized spacial score (nSPS) is 17.3. The Kier molecular flexibility index (Phi) is 3.12. The largest absolute Gasteiger partial charge is 0.482 e. The molecule has 0 saturated heterocycles. The number of benzene rings is 1. The second-order valence-corrected chi connectivity index (χ2v) is 5.72. The third kappa shape index (κ3) is 1.99. The van der Waals surface area contributed by atoms with Crippen LogP contribution in [-0.4, -0.2) is 14.5 Å². The van der Waals surface area contributed by atoms with Crippen molar-refractivity contribution in [3.63, 3.8) is 0 Å². The highest BCUT2D eigenvalue weighted by molar-refractivity contribution is 5.61. The van der Waals surface area contributed by atoms with Crippen LogP contribution in [0.15, 0.2) is 42.6 Å². The maximum atomic E-state index is 9.54. The molecule has 1 atom stereocenters. The molecule has 4 heteroatoms. The number of aromatic nitrogens is 2. The van der Waals surface area contributed by atoms with Crippen LogP contribution in [-0.2, 0) is 13.0 Å². The maximum Gasteiger partial charge on any atom is 0.180 e. The average molecular weight is 294 g/mol. The van der Waals surface area contributed by atoms with Crippen LogP contribution in [0.3, 0.4) is 0 Å². The summed E-state index contributed by atoms with van der Waals surface area (Å²) >= 11 is 0. The molecule has 4 rings (SSSR count). The lowest BCUT2D eigenvalue weighted by atomic mass is 9.98. The van der Waals surface area contributed by atoms with Gasteiger partial charge in [0.2, 0.25) is 0 Å². The van der Waals surface area contributed by atoms with Crippen LogP contribution >= 0.6 is 0 Å². The summed E-state index contributed by atoms with van der Waals surface area (Å²) in [4.78, 5) is 4.60. The molecule has 4 nitrogen and oxygen atoms in total. The number of pyridine rings is 1.